The molecule has 1 aromatic carbocycles. The van der Waals surface area contributed by atoms with Gasteiger partial charge in [-0.25, -0.2) is 0 Å². The summed E-state index contributed by atoms with van der Waals surface area (Å²) in [6, 6.07) is 3.70. The fourth-order valence-electron chi connectivity index (χ4n) is 2.33. The second-order valence-electron chi connectivity index (χ2n) is 4.88. The first-order chi connectivity index (χ1) is 8.96. The molecule has 1 aromatic rings. The highest BCUT2D eigenvalue weighted by Gasteiger charge is 2.38. The zero-order chi connectivity index (χ0) is 14.2. The van der Waals surface area contributed by atoms with Crippen LogP contribution in [0.2, 0.25) is 0 Å². The van der Waals surface area contributed by atoms with E-state index < -0.39 is 5.66 Å². The molecule has 0 aliphatic carbocycles. The standard InChI is InChI=1S/C14H20N2O3/c1-6-14(3)15-11-8-13(19-5)12(18-4)7-10(11)9(2)16(14)17/h7-8,15H,6H2,1-5H3. The number of hydrogen-bond donors (Lipinski definition) is 1. The van der Waals surface area contributed by atoms with Crippen molar-refractivity contribution >= 4 is 11.4 Å². The number of nitrogens with one attached hydrogen (secondary N) is 1. The van der Waals surface area contributed by atoms with Gasteiger partial charge < -0.3 is 20.0 Å². The van der Waals surface area contributed by atoms with Gasteiger partial charge in [-0.3, -0.25) is 0 Å². The first kappa shape index (κ1) is 13.5. The van der Waals surface area contributed by atoms with Crippen molar-refractivity contribution < 1.29 is 14.2 Å². The molecule has 0 amide bonds. The van der Waals surface area contributed by atoms with Crippen molar-refractivity contribution in [1.29, 1.82) is 0 Å². The minimum absolute atomic E-state index is 0.621. The number of hydroxylamine groups is 1. The summed E-state index contributed by atoms with van der Waals surface area (Å²) in [7, 11) is 3.18. The molecule has 5 heteroatoms. The van der Waals surface area contributed by atoms with Crippen LogP contribution in [0.25, 0.3) is 0 Å². The number of rotatable bonds is 3. The third-order valence-electron chi connectivity index (χ3n) is 3.76. The predicted molar refractivity (Wildman–Crippen MR) is 75.3 cm³/mol. The molecule has 1 aliphatic rings. The lowest BCUT2D eigenvalue weighted by Crippen LogP contribution is -2.49. The van der Waals surface area contributed by atoms with Crippen LogP contribution in [0.15, 0.2) is 12.1 Å². The molecule has 0 saturated carbocycles. The Balaban J connectivity index is 2.63. The molecule has 1 aliphatic heterocycles. The van der Waals surface area contributed by atoms with Crippen molar-refractivity contribution in [3.05, 3.63) is 22.9 Å². The van der Waals surface area contributed by atoms with Crippen molar-refractivity contribution in [3.63, 3.8) is 0 Å². The maximum absolute atomic E-state index is 12.3. The average molecular weight is 264 g/mol. The molecule has 1 heterocycles. The second-order valence-corrected chi connectivity index (χ2v) is 4.88. The molecule has 0 aromatic heterocycles. The Kier molecular flexibility index (Phi) is 3.30. The Labute approximate surface area is 113 Å². The Morgan fingerprint density at radius 1 is 1.26 bits per heavy atom. The van der Waals surface area contributed by atoms with Crippen LogP contribution in [0.5, 0.6) is 11.5 Å². The molecule has 0 saturated heterocycles. The lowest BCUT2D eigenvalue weighted by atomic mass is 9.99. The second kappa shape index (κ2) is 4.64. The van der Waals surface area contributed by atoms with E-state index in [2.05, 4.69) is 5.32 Å². The third kappa shape index (κ3) is 1.99. The number of benzene rings is 1. The fourth-order valence-corrected chi connectivity index (χ4v) is 2.33. The predicted octanol–water partition coefficient (Wildman–Crippen LogP) is 2.57. The van der Waals surface area contributed by atoms with E-state index >= 15 is 0 Å². The first-order valence-electron chi connectivity index (χ1n) is 6.32. The third-order valence-corrected chi connectivity index (χ3v) is 3.76. The quantitative estimate of drug-likeness (QED) is 0.673. The maximum atomic E-state index is 12.3. The van der Waals surface area contributed by atoms with Crippen LogP contribution in [-0.2, 0) is 0 Å². The van der Waals surface area contributed by atoms with E-state index in [0.29, 0.717) is 23.6 Å². The van der Waals surface area contributed by atoms with Gasteiger partial charge in [0.25, 0.3) is 0 Å². The van der Waals surface area contributed by atoms with Crippen LogP contribution < -0.4 is 14.8 Å². The molecule has 1 N–H and O–H groups in total. The van der Waals surface area contributed by atoms with Gasteiger partial charge in [0, 0.05) is 26.3 Å². The highest BCUT2D eigenvalue weighted by molar-refractivity contribution is 6.02. The number of anilines is 1. The SMILES string of the molecule is CCC1(C)Nc2cc(OC)c(OC)cc2C(C)=[N+]1[O-]. The maximum Gasteiger partial charge on any atom is 0.243 e. The largest absolute Gasteiger partial charge is 0.622 e. The molecule has 2 rings (SSSR count). The Hall–Kier alpha value is -1.91. The molecular weight excluding hydrogens is 244 g/mol. The van der Waals surface area contributed by atoms with E-state index in [1.54, 1.807) is 14.2 Å². The van der Waals surface area contributed by atoms with Gasteiger partial charge in [-0.15, -0.1) is 0 Å². The summed E-state index contributed by atoms with van der Waals surface area (Å²) in [5, 5.41) is 15.6. The van der Waals surface area contributed by atoms with Crippen molar-refractivity contribution in [2.75, 3.05) is 19.5 Å². The molecule has 1 atom stereocenters. The summed E-state index contributed by atoms with van der Waals surface area (Å²) in [5.74, 6) is 1.27. The Morgan fingerprint density at radius 3 is 2.37 bits per heavy atom. The lowest BCUT2D eigenvalue weighted by molar-refractivity contribution is -0.538. The van der Waals surface area contributed by atoms with Crippen molar-refractivity contribution in [3.8, 4) is 11.5 Å². The van der Waals surface area contributed by atoms with Crippen LogP contribution in [0.1, 0.15) is 32.8 Å². The lowest BCUT2D eigenvalue weighted by Gasteiger charge is -2.35. The molecule has 0 radical (unpaired) electrons. The Morgan fingerprint density at radius 2 is 1.84 bits per heavy atom. The number of hydrogen-bond acceptors (Lipinski definition) is 4. The van der Waals surface area contributed by atoms with Crippen molar-refractivity contribution in [1.82, 2.24) is 0 Å². The van der Waals surface area contributed by atoms with Crippen LogP contribution in [0, 0.1) is 5.21 Å². The topological polar surface area (TPSA) is 56.6 Å². The van der Waals surface area contributed by atoms with E-state index in [0.717, 1.165) is 16.0 Å². The zero-order valence-corrected chi connectivity index (χ0v) is 12.0. The number of fused-ring (bicyclic) bond motifs is 1. The highest BCUT2D eigenvalue weighted by Crippen LogP contribution is 2.37. The smallest absolute Gasteiger partial charge is 0.243 e. The summed E-state index contributed by atoms with van der Waals surface area (Å²) in [6.07, 6.45) is 0.696. The molecule has 19 heavy (non-hydrogen) atoms. The summed E-state index contributed by atoms with van der Waals surface area (Å²) in [6.45, 7) is 5.70. The van der Waals surface area contributed by atoms with E-state index in [1.165, 1.54) is 0 Å². The van der Waals surface area contributed by atoms with E-state index in [-0.39, 0.29) is 0 Å². The van der Waals surface area contributed by atoms with E-state index in [9.17, 15) is 5.21 Å². The molecule has 1 unspecified atom stereocenters. The molecule has 0 bridgehead atoms. The van der Waals surface area contributed by atoms with Crippen LogP contribution in [0.4, 0.5) is 5.69 Å². The van der Waals surface area contributed by atoms with Crippen LogP contribution in [0.3, 0.4) is 0 Å². The average Bonchev–Trinajstić information content (AvgIpc) is 2.43. The van der Waals surface area contributed by atoms with Crippen molar-refractivity contribution in [2.45, 2.75) is 32.9 Å². The van der Waals surface area contributed by atoms with Crippen molar-refractivity contribution in [2.24, 2.45) is 0 Å². The summed E-state index contributed by atoms with van der Waals surface area (Å²) in [4.78, 5) is 0. The zero-order valence-electron chi connectivity index (χ0n) is 12.0. The monoisotopic (exact) mass is 264 g/mol. The molecular formula is C14H20N2O3. The summed E-state index contributed by atoms with van der Waals surface area (Å²) >= 11 is 0. The van der Waals surface area contributed by atoms with Crippen LogP contribution >= 0.6 is 0 Å². The Bertz CT molecular complexity index is 540. The molecule has 0 fully saturated rings. The van der Waals surface area contributed by atoms with Gasteiger partial charge >= 0.3 is 0 Å². The molecule has 0 spiro atoms. The number of methoxy groups -OCH3 is 2. The molecule has 5 nitrogen and oxygen atoms in total. The summed E-state index contributed by atoms with van der Waals surface area (Å²) in [5.41, 5.74) is 1.79. The van der Waals surface area contributed by atoms with E-state index in [1.807, 2.05) is 32.9 Å². The van der Waals surface area contributed by atoms with Gasteiger partial charge in [0.05, 0.1) is 25.5 Å². The summed E-state index contributed by atoms with van der Waals surface area (Å²) < 4.78 is 11.6. The minimum atomic E-state index is -0.628. The van der Waals surface area contributed by atoms with Gasteiger partial charge in [0.2, 0.25) is 5.66 Å². The van der Waals surface area contributed by atoms with Gasteiger partial charge in [-0.1, -0.05) is 6.92 Å². The van der Waals surface area contributed by atoms with Crippen LogP contribution in [-0.4, -0.2) is 30.3 Å². The van der Waals surface area contributed by atoms with Gasteiger partial charge in [0.1, 0.15) is 0 Å². The first-order valence-corrected chi connectivity index (χ1v) is 6.32. The van der Waals surface area contributed by atoms with Gasteiger partial charge in [0.15, 0.2) is 17.2 Å². The number of nitrogens with zero attached hydrogens (tertiary/aromatic N) is 1. The number of ether oxygens (including phenoxy) is 2. The van der Waals surface area contributed by atoms with Gasteiger partial charge in [-0.05, 0) is 6.07 Å². The van der Waals surface area contributed by atoms with Gasteiger partial charge in [-0.2, -0.15) is 4.74 Å². The van der Waals surface area contributed by atoms with E-state index in [4.69, 9.17) is 9.47 Å². The highest BCUT2D eigenvalue weighted by atomic mass is 16.5. The molecule has 104 valence electrons. The minimum Gasteiger partial charge on any atom is -0.622 e. The normalized spacial score (nSPS) is 21.7. The fraction of sp³-hybridized carbons (Fsp3) is 0.500.